The molecule has 1 fully saturated rings. The summed E-state index contributed by atoms with van der Waals surface area (Å²) >= 11 is 0. The van der Waals surface area contributed by atoms with Crippen molar-refractivity contribution in [3.63, 3.8) is 0 Å². The number of hydrogen-bond donors (Lipinski definition) is 1. The van der Waals surface area contributed by atoms with Crippen LogP contribution in [0.15, 0.2) is 48.7 Å². The van der Waals surface area contributed by atoms with Crippen LogP contribution in [0.2, 0.25) is 0 Å². The highest BCUT2D eigenvalue weighted by Crippen LogP contribution is 2.23. The maximum Gasteiger partial charge on any atom is 0.139 e. The molecule has 0 bridgehead atoms. The second-order valence-electron chi connectivity index (χ2n) is 5.97. The number of rotatable bonds is 5. The van der Waals surface area contributed by atoms with Crippen molar-refractivity contribution in [3.05, 3.63) is 48.7 Å². The standard InChI is InChI=1S/C20H24N2O2/c1-18(24-15-6-5-11-21-13-16-23-17-14-21)22-12-7-10-20(22)19-8-3-2-4-9-19/h2-4,7-10,12,18H,11,13-17H2,1H3/p+1/t18-/m0/s1. The number of nitrogens with one attached hydrogen (secondary N) is 1. The van der Waals surface area contributed by atoms with Crippen LogP contribution in [0.3, 0.4) is 0 Å². The molecule has 0 saturated carbocycles. The van der Waals surface area contributed by atoms with Crippen LogP contribution < -0.4 is 4.90 Å². The van der Waals surface area contributed by atoms with E-state index in [4.69, 9.17) is 9.47 Å². The molecule has 1 aromatic heterocycles. The number of benzene rings is 1. The molecule has 0 amide bonds. The van der Waals surface area contributed by atoms with Gasteiger partial charge < -0.3 is 18.9 Å². The zero-order valence-corrected chi connectivity index (χ0v) is 14.2. The second-order valence-corrected chi connectivity index (χ2v) is 5.97. The number of morpholine rings is 1. The number of aromatic nitrogens is 1. The van der Waals surface area contributed by atoms with Crippen molar-refractivity contribution in [2.45, 2.75) is 13.2 Å². The Labute approximate surface area is 144 Å². The summed E-state index contributed by atoms with van der Waals surface area (Å²) in [5, 5.41) is 0. The quantitative estimate of drug-likeness (QED) is 0.846. The first-order valence-corrected chi connectivity index (χ1v) is 8.55. The smallest absolute Gasteiger partial charge is 0.139 e. The van der Waals surface area contributed by atoms with E-state index in [-0.39, 0.29) is 6.23 Å². The van der Waals surface area contributed by atoms with E-state index in [9.17, 15) is 0 Å². The number of quaternary nitrogens is 1. The first kappa shape index (κ1) is 16.8. The summed E-state index contributed by atoms with van der Waals surface area (Å²) in [4.78, 5) is 1.50. The molecule has 1 aliphatic rings. The van der Waals surface area contributed by atoms with E-state index in [1.54, 1.807) is 0 Å². The van der Waals surface area contributed by atoms with Crippen molar-refractivity contribution in [1.29, 1.82) is 0 Å². The van der Waals surface area contributed by atoms with Gasteiger partial charge in [-0.2, -0.15) is 0 Å². The van der Waals surface area contributed by atoms with Gasteiger partial charge in [0.2, 0.25) is 0 Å². The van der Waals surface area contributed by atoms with E-state index in [0.717, 1.165) is 38.5 Å². The third-order valence-corrected chi connectivity index (χ3v) is 4.30. The van der Waals surface area contributed by atoms with E-state index in [0.29, 0.717) is 6.61 Å². The summed E-state index contributed by atoms with van der Waals surface area (Å²) in [5.41, 5.74) is 2.36. The van der Waals surface area contributed by atoms with E-state index in [1.165, 1.54) is 10.5 Å². The fourth-order valence-electron chi connectivity index (χ4n) is 2.88. The maximum atomic E-state index is 5.89. The SMILES string of the molecule is C[C@H](OCC#CC[NH+]1CCOCC1)n1cccc1-c1ccccc1. The molecule has 0 spiro atoms. The molecule has 126 valence electrons. The molecule has 0 aliphatic carbocycles. The Balaban J connectivity index is 1.51. The maximum absolute atomic E-state index is 5.89. The molecule has 1 saturated heterocycles. The van der Waals surface area contributed by atoms with Gasteiger partial charge in [-0.25, -0.2) is 0 Å². The molecular formula is C20H25N2O2+. The normalized spacial score (nSPS) is 16.4. The van der Waals surface area contributed by atoms with Gasteiger partial charge in [-0.05, 0) is 30.5 Å². The Kier molecular flexibility index (Phi) is 6.08. The molecule has 24 heavy (non-hydrogen) atoms. The van der Waals surface area contributed by atoms with Crippen molar-refractivity contribution < 1.29 is 14.4 Å². The van der Waals surface area contributed by atoms with Crippen LogP contribution in [0.5, 0.6) is 0 Å². The average Bonchev–Trinajstić information content (AvgIpc) is 3.13. The van der Waals surface area contributed by atoms with Crippen LogP contribution >= 0.6 is 0 Å². The molecule has 1 N–H and O–H groups in total. The molecule has 2 heterocycles. The minimum atomic E-state index is -0.0414. The second kappa shape index (κ2) is 8.70. The summed E-state index contributed by atoms with van der Waals surface area (Å²) in [6, 6.07) is 14.5. The molecular weight excluding hydrogens is 300 g/mol. The van der Waals surface area contributed by atoms with Gasteiger partial charge in [0.05, 0.1) is 18.9 Å². The molecule has 4 nitrogen and oxygen atoms in total. The fourth-order valence-corrected chi connectivity index (χ4v) is 2.88. The van der Waals surface area contributed by atoms with Crippen LogP contribution in [0.1, 0.15) is 13.2 Å². The molecule has 0 radical (unpaired) electrons. The summed E-state index contributed by atoms with van der Waals surface area (Å²) in [7, 11) is 0. The lowest BCUT2D eigenvalue weighted by molar-refractivity contribution is -0.900. The minimum Gasteiger partial charge on any atom is -0.370 e. The van der Waals surface area contributed by atoms with Crippen LogP contribution in [-0.4, -0.2) is 44.0 Å². The lowest BCUT2D eigenvalue weighted by Gasteiger charge is -2.21. The van der Waals surface area contributed by atoms with Gasteiger partial charge in [-0.15, -0.1) is 0 Å². The van der Waals surface area contributed by atoms with E-state index >= 15 is 0 Å². The molecule has 2 aromatic rings. The van der Waals surface area contributed by atoms with Gasteiger partial charge in [0, 0.05) is 6.20 Å². The summed E-state index contributed by atoms with van der Waals surface area (Å²) < 4.78 is 13.4. The Morgan fingerprint density at radius 3 is 2.71 bits per heavy atom. The third-order valence-electron chi connectivity index (χ3n) is 4.30. The van der Waals surface area contributed by atoms with Crippen molar-refractivity contribution in [2.24, 2.45) is 0 Å². The Morgan fingerprint density at radius 1 is 1.12 bits per heavy atom. The lowest BCUT2D eigenvalue weighted by Crippen LogP contribution is -3.14. The van der Waals surface area contributed by atoms with E-state index in [1.807, 2.05) is 6.07 Å². The van der Waals surface area contributed by atoms with Gasteiger partial charge in [-0.3, -0.25) is 0 Å². The molecule has 4 heteroatoms. The predicted octanol–water partition coefficient (Wildman–Crippen LogP) is 1.61. The Hall–Kier alpha value is -2.06. The predicted molar refractivity (Wildman–Crippen MR) is 94.7 cm³/mol. The zero-order chi connectivity index (χ0) is 16.6. The van der Waals surface area contributed by atoms with Crippen molar-refractivity contribution in [3.8, 4) is 23.1 Å². The first-order chi connectivity index (χ1) is 11.8. The van der Waals surface area contributed by atoms with Gasteiger partial charge in [0.25, 0.3) is 0 Å². The van der Waals surface area contributed by atoms with E-state index in [2.05, 4.69) is 65.9 Å². The van der Waals surface area contributed by atoms with Crippen LogP contribution in [0.4, 0.5) is 0 Å². The highest BCUT2D eigenvalue weighted by atomic mass is 16.5. The van der Waals surface area contributed by atoms with Crippen LogP contribution in [0.25, 0.3) is 11.3 Å². The summed E-state index contributed by atoms with van der Waals surface area (Å²) in [6.45, 7) is 7.19. The van der Waals surface area contributed by atoms with Crippen molar-refractivity contribution in [2.75, 3.05) is 39.5 Å². The minimum absolute atomic E-state index is 0.0414. The Bertz CT molecular complexity index is 678. The molecule has 1 aromatic carbocycles. The molecule has 3 rings (SSSR count). The average molecular weight is 325 g/mol. The van der Waals surface area contributed by atoms with E-state index < -0.39 is 0 Å². The first-order valence-electron chi connectivity index (χ1n) is 8.55. The number of hydrogen-bond acceptors (Lipinski definition) is 2. The Morgan fingerprint density at radius 2 is 1.92 bits per heavy atom. The monoisotopic (exact) mass is 325 g/mol. The number of ether oxygens (including phenoxy) is 2. The number of nitrogens with zero attached hydrogens (tertiary/aromatic N) is 1. The molecule has 1 atom stereocenters. The summed E-state index contributed by atoms with van der Waals surface area (Å²) in [6.07, 6.45) is 2.01. The fraction of sp³-hybridized carbons (Fsp3) is 0.400. The van der Waals surface area contributed by atoms with Crippen molar-refractivity contribution in [1.82, 2.24) is 4.57 Å². The van der Waals surface area contributed by atoms with Gasteiger partial charge >= 0.3 is 0 Å². The zero-order valence-electron chi connectivity index (χ0n) is 14.2. The molecule has 0 unspecified atom stereocenters. The third kappa shape index (κ3) is 4.48. The highest BCUT2D eigenvalue weighted by Gasteiger charge is 2.12. The topological polar surface area (TPSA) is 27.8 Å². The highest BCUT2D eigenvalue weighted by molar-refractivity contribution is 5.59. The molecule has 1 aliphatic heterocycles. The van der Waals surface area contributed by atoms with Crippen LogP contribution in [-0.2, 0) is 9.47 Å². The van der Waals surface area contributed by atoms with Crippen molar-refractivity contribution >= 4 is 0 Å². The van der Waals surface area contributed by atoms with Gasteiger partial charge in [0.1, 0.15) is 32.5 Å². The largest absolute Gasteiger partial charge is 0.370 e. The summed E-state index contributed by atoms with van der Waals surface area (Å²) in [5.74, 6) is 6.36. The lowest BCUT2D eigenvalue weighted by atomic mass is 10.1. The van der Waals surface area contributed by atoms with Gasteiger partial charge in [-0.1, -0.05) is 36.3 Å². The van der Waals surface area contributed by atoms with Crippen LogP contribution in [0, 0.1) is 11.8 Å². The van der Waals surface area contributed by atoms with Gasteiger partial charge in [0.15, 0.2) is 0 Å².